The van der Waals surface area contributed by atoms with Crippen LogP contribution in [0.3, 0.4) is 0 Å². The van der Waals surface area contributed by atoms with Gasteiger partial charge < -0.3 is 10.6 Å². The second-order valence-electron chi connectivity index (χ2n) is 4.91. The molecule has 2 rings (SSSR count). The summed E-state index contributed by atoms with van der Waals surface area (Å²) in [5.41, 5.74) is 8.24. The highest BCUT2D eigenvalue weighted by molar-refractivity contribution is 5.95. The van der Waals surface area contributed by atoms with E-state index in [0.717, 1.165) is 36.2 Å². The van der Waals surface area contributed by atoms with Gasteiger partial charge in [0.25, 0.3) is 5.91 Å². The molecule has 3 heteroatoms. The summed E-state index contributed by atoms with van der Waals surface area (Å²) < 4.78 is 0. The molecule has 1 atom stereocenters. The molecule has 0 radical (unpaired) electrons. The van der Waals surface area contributed by atoms with Gasteiger partial charge in [0.15, 0.2) is 0 Å². The van der Waals surface area contributed by atoms with E-state index >= 15 is 0 Å². The summed E-state index contributed by atoms with van der Waals surface area (Å²) in [5.74, 6) is 0.139. The molecule has 1 aromatic carbocycles. The van der Waals surface area contributed by atoms with Crippen molar-refractivity contribution < 1.29 is 4.79 Å². The fourth-order valence-corrected chi connectivity index (χ4v) is 2.37. The summed E-state index contributed by atoms with van der Waals surface area (Å²) >= 11 is 0. The van der Waals surface area contributed by atoms with Gasteiger partial charge in [0.1, 0.15) is 0 Å². The molecule has 1 heterocycles. The molecule has 17 heavy (non-hydrogen) atoms. The van der Waals surface area contributed by atoms with Crippen LogP contribution in [0.4, 0.5) is 5.69 Å². The molecule has 1 aliphatic heterocycles. The highest BCUT2D eigenvalue weighted by Gasteiger charge is 2.24. The Morgan fingerprint density at radius 1 is 1.41 bits per heavy atom. The number of carbonyl (C=O) groups excluding carboxylic acids is 1. The van der Waals surface area contributed by atoms with Gasteiger partial charge in [-0.05, 0) is 56.9 Å². The van der Waals surface area contributed by atoms with Crippen molar-refractivity contribution in [1.82, 2.24) is 4.90 Å². The number of nitrogens with zero attached hydrogens (tertiary/aromatic N) is 1. The van der Waals surface area contributed by atoms with E-state index in [1.807, 2.05) is 30.0 Å². The number of piperidine rings is 1. The van der Waals surface area contributed by atoms with Crippen molar-refractivity contribution in [3.8, 4) is 0 Å². The highest BCUT2D eigenvalue weighted by Crippen LogP contribution is 2.20. The number of benzene rings is 1. The number of rotatable bonds is 1. The third-order valence-electron chi connectivity index (χ3n) is 3.58. The molecule has 2 N–H and O–H groups in total. The van der Waals surface area contributed by atoms with Gasteiger partial charge in [-0.2, -0.15) is 0 Å². The monoisotopic (exact) mass is 232 g/mol. The molecular weight excluding hydrogens is 212 g/mol. The minimum Gasteiger partial charge on any atom is -0.399 e. The molecule has 0 spiro atoms. The largest absolute Gasteiger partial charge is 0.399 e. The predicted molar refractivity (Wildman–Crippen MR) is 69.9 cm³/mol. The zero-order chi connectivity index (χ0) is 12.4. The molecule has 0 aromatic heterocycles. The lowest BCUT2D eigenvalue weighted by Gasteiger charge is -2.33. The fraction of sp³-hybridized carbons (Fsp3) is 0.500. The normalized spacial score (nSPS) is 20.4. The van der Waals surface area contributed by atoms with Crippen LogP contribution < -0.4 is 5.73 Å². The van der Waals surface area contributed by atoms with Crippen LogP contribution in [0.2, 0.25) is 0 Å². The SMILES string of the molecule is Cc1cc(C(=O)N2CCCC[C@H]2C)ccc1N. The van der Waals surface area contributed by atoms with E-state index in [1.165, 1.54) is 6.42 Å². The molecule has 1 saturated heterocycles. The molecule has 3 nitrogen and oxygen atoms in total. The quantitative estimate of drug-likeness (QED) is 0.756. The van der Waals surface area contributed by atoms with Gasteiger partial charge in [0.2, 0.25) is 0 Å². The van der Waals surface area contributed by atoms with E-state index in [9.17, 15) is 4.79 Å². The number of aryl methyl sites for hydroxylation is 1. The number of carbonyl (C=O) groups is 1. The zero-order valence-corrected chi connectivity index (χ0v) is 10.6. The van der Waals surface area contributed by atoms with Crippen LogP contribution >= 0.6 is 0 Å². The second-order valence-corrected chi connectivity index (χ2v) is 4.91. The van der Waals surface area contributed by atoms with Gasteiger partial charge in [0.05, 0.1) is 0 Å². The Morgan fingerprint density at radius 3 is 2.82 bits per heavy atom. The molecule has 1 aliphatic rings. The minimum atomic E-state index is 0.139. The van der Waals surface area contributed by atoms with E-state index in [0.29, 0.717) is 6.04 Å². The Balaban J connectivity index is 2.21. The second kappa shape index (κ2) is 4.78. The van der Waals surface area contributed by atoms with E-state index in [-0.39, 0.29) is 5.91 Å². The Morgan fingerprint density at radius 2 is 2.18 bits per heavy atom. The summed E-state index contributed by atoms with van der Waals surface area (Å²) in [7, 11) is 0. The first-order valence-corrected chi connectivity index (χ1v) is 6.26. The van der Waals surface area contributed by atoms with E-state index < -0.39 is 0 Å². The number of anilines is 1. The molecule has 92 valence electrons. The number of hydrogen-bond donors (Lipinski definition) is 1. The van der Waals surface area contributed by atoms with Gasteiger partial charge in [-0.1, -0.05) is 0 Å². The van der Waals surface area contributed by atoms with Gasteiger partial charge >= 0.3 is 0 Å². The lowest BCUT2D eigenvalue weighted by atomic mass is 10.0. The first-order valence-electron chi connectivity index (χ1n) is 6.26. The maximum Gasteiger partial charge on any atom is 0.254 e. The average Bonchev–Trinajstić information content (AvgIpc) is 2.32. The average molecular weight is 232 g/mol. The van der Waals surface area contributed by atoms with E-state index in [2.05, 4.69) is 6.92 Å². The number of likely N-dealkylation sites (tertiary alicyclic amines) is 1. The van der Waals surface area contributed by atoms with Crippen molar-refractivity contribution in [2.45, 2.75) is 39.2 Å². The van der Waals surface area contributed by atoms with Gasteiger partial charge in [-0.15, -0.1) is 0 Å². The van der Waals surface area contributed by atoms with Crippen LogP contribution in [0, 0.1) is 6.92 Å². The van der Waals surface area contributed by atoms with Gasteiger partial charge in [-0.3, -0.25) is 4.79 Å². The van der Waals surface area contributed by atoms with Crippen molar-refractivity contribution in [3.63, 3.8) is 0 Å². The number of amides is 1. The molecular formula is C14H20N2O. The lowest BCUT2D eigenvalue weighted by Crippen LogP contribution is -2.42. The Bertz CT molecular complexity index is 428. The number of nitrogen functional groups attached to an aromatic ring is 1. The van der Waals surface area contributed by atoms with Gasteiger partial charge in [-0.25, -0.2) is 0 Å². The first kappa shape index (κ1) is 12.0. The van der Waals surface area contributed by atoms with Crippen molar-refractivity contribution in [1.29, 1.82) is 0 Å². The molecule has 0 bridgehead atoms. The standard InChI is InChI=1S/C14H20N2O/c1-10-9-12(6-7-13(10)15)14(17)16-8-4-3-5-11(16)2/h6-7,9,11H,3-5,8,15H2,1-2H3/t11-/m1/s1. The number of nitrogens with two attached hydrogens (primary N) is 1. The van der Waals surface area contributed by atoms with Crippen LogP contribution in [-0.2, 0) is 0 Å². The Labute approximate surface area is 103 Å². The molecule has 1 fully saturated rings. The zero-order valence-electron chi connectivity index (χ0n) is 10.6. The topological polar surface area (TPSA) is 46.3 Å². The van der Waals surface area contributed by atoms with E-state index in [1.54, 1.807) is 0 Å². The van der Waals surface area contributed by atoms with Crippen molar-refractivity contribution in [2.24, 2.45) is 0 Å². The minimum absolute atomic E-state index is 0.139. The summed E-state index contributed by atoms with van der Waals surface area (Å²) in [6, 6.07) is 5.89. The van der Waals surface area contributed by atoms with Crippen LogP contribution in [0.25, 0.3) is 0 Å². The van der Waals surface area contributed by atoms with Crippen LogP contribution in [0.15, 0.2) is 18.2 Å². The third-order valence-corrected chi connectivity index (χ3v) is 3.58. The summed E-state index contributed by atoms with van der Waals surface area (Å²) in [4.78, 5) is 14.3. The maximum atomic E-state index is 12.4. The number of hydrogen-bond acceptors (Lipinski definition) is 2. The summed E-state index contributed by atoms with van der Waals surface area (Å²) in [6.45, 7) is 4.94. The van der Waals surface area contributed by atoms with Gasteiger partial charge in [0, 0.05) is 23.8 Å². The summed E-state index contributed by atoms with van der Waals surface area (Å²) in [5, 5.41) is 0. The first-order chi connectivity index (χ1) is 8.09. The highest BCUT2D eigenvalue weighted by atomic mass is 16.2. The fourth-order valence-electron chi connectivity index (χ4n) is 2.37. The van der Waals surface area contributed by atoms with Crippen LogP contribution in [0.1, 0.15) is 42.1 Å². The molecule has 0 aliphatic carbocycles. The molecule has 1 aromatic rings. The maximum absolute atomic E-state index is 12.4. The van der Waals surface area contributed by atoms with Crippen LogP contribution in [0.5, 0.6) is 0 Å². The molecule has 1 amide bonds. The molecule has 0 unspecified atom stereocenters. The predicted octanol–water partition coefficient (Wildman–Crippen LogP) is 2.59. The third kappa shape index (κ3) is 2.43. The smallest absolute Gasteiger partial charge is 0.254 e. The Hall–Kier alpha value is -1.51. The lowest BCUT2D eigenvalue weighted by molar-refractivity contribution is 0.0635. The van der Waals surface area contributed by atoms with Crippen molar-refractivity contribution in [3.05, 3.63) is 29.3 Å². The Kier molecular flexibility index (Phi) is 3.36. The summed E-state index contributed by atoms with van der Waals surface area (Å²) in [6.07, 6.45) is 3.45. The van der Waals surface area contributed by atoms with E-state index in [4.69, 9.17) is 5.73 Å². The van der Waals surface area contributed by atoms with Crippen LogP contribution in [-0.4, -0.2) is 23.4 Å². The van der Waals surface area contributed by atoms with Crippen molar-refractivity contribution >= 4 is 11.6 Å². The molecule has 0 saturated carbocycles. The van der Waals surface area contributed by atoms with Crippen molar-refractivity contribution in [2.75, 3.05) is 12.3 Å².